The Morgan fingerprint density at radius 2 is 2.19 bits per heavy atom. The predicted molar refractivity (Wildman–Crippen MR) is 57.2 cm³/mol. The molecule has 0 fully saturated rings. The van der Waals surface area contributed by atoms with Gasteiger partial charge in [-0.1, -0.05) is 0 Å². The molecule has 6 heteroatoms. The molecular formula is C10H15N3O3. The summed E-state index contributed by atoms with van der Waals surface area (Å²) < 4.78 is 1.38. The molecule has 0 atom stereocenters. The summed E-state index contributed by atoms with van der Waals surface area (Å²) in [5.74, 6) is -1.22. The average molecular weight is 225 g/mol. The number of hydrogen-bond acceptors (Lipinski definition) is 3. The van der Waals surface area contributed by atoms with Gasteiger partial charge in [-0.3, -0.25) is 9.48 Å². The molecule has 1 aromatic heterocycles. The molecular weight excluding hydrogens is 210 g/mol. The summed E-state index contributed by atoms with van der Waals surface area (Å²) in [6.07, 6.45) is 1.25. The molecule has 0 aliphatic heterocycles. The highest BCUT2D eigenvalue weighted by Crippen LogP contribution is 2.06. The highest BCUT2D eigenvalue weighted by atomic mass is 16.4. The molecule has 0 unspecified atom stereocenters. The fraction of sp³-hybridized carbons (Fsp3) is 0.500. The Labute approximate surface area is 93.3 Å². The number of aromatic carboxylic acids is 1. The van der Waals surface area contributed by atoms with E-state index in [1.807, 2.05) is 13.8 Å². The first-order valence-corrected chi connectivity index (χ1v) is 4.97. The summed E-state index contributed by atoms with van der Waals surface area (Å²) in [6.45, 7) is 5.38. The van der Waals surface area contributed by atoms with E-state index in [2.05, 4.69) is 10.4 Å². The summed E-state index contributed by atoms with van der Waals surface area (Å²) in [7, 11) is 0. The number of rotatable bonds is 4. The topological polar surface area (TPSA) is 84.2 Å². The van der Waals surface area contributed by atoms with Crippen molar-refractivity contribution in [2.75, 3.05) is 0 Å². The van der Waals surface area contributed by atoms with Crippen molar-refractivity contribution < 1.29 is 14.7 Å². The van der Waals surface area contributed by atoms with Crippen LogP contribution < -0.4 is 5.32 Å². The Hall–Kier alpha value is -1.85. The van der Waals surface area contributed by atoms with Gasteiger partial charge in [0.25, 0.3) is 0 Å². The van der Waals surface area contributed by atoms with Gasteiger partial charge >= 0.3 is 5.97 Å². The number of carboxylic acids is 1. The molecule has 0 aromatic carbocycles. The Balaban J connectivity index is 2.75. The number of nitrogens with zero attached hydrogens (tertiary/aromatic N) is 2. The van der Waals surface area contributed by atoms with Crippen molar-refractivity contribution in [2.24, 2.45) is 0 Å². The first-order chi connectivity index (χ1) is 7.41. The second kappa shape index (κ2) is 4.78. The van der Waals surface area contributed by atoms with Gasteiger partial charge in [-0.15, -0.1) is 0 Å². The number of amides is 1. The van der Waals surface area contributed by atoms with Gasteiger partial charge in [-0.2, -0.15) is 5.10 Å². The van der Waals surface area contributed by atoms with Crippen LogP contribution >= 0.6 is 0 Å². The Kier molecular flexibility index (Phi) is 3.65. The van der Waals surface area contributed by atoms with Crippen molar-refractivity contribution >= 4 is 11.9 Å². The van der Waals surface area contributed by atoms with Gasteiger partial charge in [0.05, 0.1) is 11.9 Å². The van der Waals surface area contributed by atoms with E-state index < -0.39 is 5.97 Å². The van der Waals surface area contributed by atoms with Crippen LogP contribution in [0.1, 0.15) is 29.9 Å². The molecule has 1 aromatic rings. The van der Waals surface area contributed by atoms with Crippen LogP contribution in [0, 0.1) is 6.92 Å². The summed E-state index contributed by atoms with van der Waals surface area (Å²) in [6, 6.07) is 0.0577. The van der Waals surface area contributed by atoms with Gasteiger partial charge in [-0.05, 0) is 20.8 Å². The fourth-order valence-corrected chi connectivity index (χ4v) is 1.32. The number of aromatic nitrogens is 2. The number of carbonyl (C=O) groups excluding carboxylic acids is 1. The lowest BCUT2D eigenvalue weighted by molar-refractivity contribution is -0.122. The molecule has 0 spiro atoms. The highest BCUT2D eigenvalue weighted by Gasteiger charge is 2.14. The van der Waals surface area contributed by atoms with Crippen LogP contribution in [0.4, 0.5) is 0 Å². The molecule has 0 saturated heterocycles. The Morgan fingerprint density at radius 1 is 1.56 bits per heavy atom. The van der Waals surface area contributed by atoms with Gasteiger partial charge in [-0.25, -0.2) is 4.79 Å². The van der Waals surface area contributed by atoms with Crippen LogP contribution in [0.2, 0.25) is 0 Å². The standard InChI is InChI=1S/C10H15N3O3/c1-6(2)12-9(14)5-13-7(3)8(4-11-13)10(15)16/h4,6H,5H2,1-3H3,(H,12,14)(H,15,16). The minimum atomic E-state index is -1.03. The molecule has 0 aliphatic carbocycles. The van der Waals surface area contributed by atoms with Gasteiger partial charge in [0.1, 0.15) is 12.1 Å². The van der Waals surface area contributed by atoms with E-state index in [4.69, 9.17) is 5.11 Å². The fourth-order valence-electron chi connectivity index (χ4n) is 1.32. The first kappa shape index (κ1) is 12.2. The Morgan fingerprint density at radius 3 is 2.62 bits per heavy atom. The zero-order valence-corrected chi connectivity index (χ0v) is 9.52. The number of carbonyl (C=O) groups is 2. The van der Waals surface area contributed by atoms with Crippen molar-refractivity contribution in [1.82, 2.24) is 15.1 Å². The van der Waals surface area contributed by atoms with E-state index >= 15 is 0 Å². The van der Waals surface area contributed by atoms with Crippen molar-refractivity contribution in [3.8, 4) is 0 Å². The molecule has 1 rings (SSSR count). The second-order valence-electron chi connectivity index (χ2n) is 3.83. The number of hydrogen-bond donors (Lipinski definition) is 2. The normalized spacial score (nSPS) is 10.5. The monoisotopic (exact) mass is 225 g/mol. The third-order valence-corrected chi connectivity index (χ3v) is 2.08. The van der Waals surface area contributed by atoms with Crippen molar-refractivity contribution in [2.45, 2.75) is 33.4 Å². The van der Waals surface area contributed by atoms with Gasteiger partial charge in [0, 0.05) is 6.04 Å². The SMILES string of the molecule is Cc1c(C(=O)O)cnn1CC(=O)NC(C)C. The molecule has 0 radical (unpaired) electrons. The molecule has 0 aliphatic rings. The molecule has 0 bridgehead atoms. The average Bonchev–Trinajstić information content (AvgIpc) is 2.46. The zero-order valence-electron chi connectivity index (χ0n) is 9.52. The summed E-state index contributed by atoms with van der Waals surface area (Å²) >= 11 is 0. The molecule has 16 heavy (non-hydrogen) atoms. The smallest absolute Gasteiger partial charge is 0.339 e. The lowest BCUT2D eigenvalue weighted by atomic mass is 10.3. The van der Waals surface area contributed by atoms with Crippen molar-refractivity contribution in [3.05, 3.63) is 17.5 Å². The minimum Gasteiger partial charge on any atom is -0.478 e. The Bertz CT molecular complexity index is 409. The van der Waals surface area contributed by atoms with Crippen LogP contribution in [0.15, 0.2) is 6.20 Å². The largest absolute Gasteiger partial charge is 0.478 e. The van der Waals surface area contributed by atoms with Crippen LogP contribution in [-0.4, -0.2) is 32.8 Å². The van der Waals surface area contributed by atoms with Crippen LogP contribution in [0.3, 0.4) is 0 Å². The summed E-state index contributed by atoms with van der Waals surface area (Å²) in [5, 5.41) is 15.4. The lowest BCUT2D eigenvalue weighted by Crippen LogP contribution is -2.33. The van der Waals surface area contributed by atoms with E-state index in [1.54, 1.807) is 6.92 Å². The van der Waals surface area contributed by atoms with Gasteiger partial charge in [0.15, 0.2) is 0 Å². The van der Waals surface area contributed by atoms with Crippen molar-refractivity contribution in [1.29, 1.82) is 0 Å². The van der Waals surface area contributed by atoms with E-state index in [0.717, 1.165) is 0 Å². The van der Waals surface area contributed by atoms with E-state index in [-0.39, 0.29) is 24.1 Å². The molecule has 0 saturated carbocycles. The van der Waals surface area contributed by atoms with Crippen LogP contribution in [-0.2, 0) is 11.3 Å². The number of carboxylic acid groups (broad SMARTS) is 1. The molecule has 1 heterocycles. The third kappa shape index (κ3) is 2.82. The van der Waals surface area contributed by atoms with Crippen LogP contribution in [0.25, 0.3) is 0 Å². The quantitative estimate of drug-likeness (QED) is 0.777. The maximum atomic E-state index is 11.4. The van der Waals surface area contributed by atoms with Gasteiger partial charge < -0.3 is 10.4 Å². The predicted octanol–water partition coefficient (Wildman–Crippen LogP) is 0.414. The van der Waals surface area contributed by atoms with E-state index in [9.17, 15) is 9.59 Å². The molecule has 6 nitrogen and oxygen atoms in total. The zero-order chi connectivity index (χ0) is 12.3. The van der Waals surface area contributed by atoms with E-state index in [0.29, 0.717) is 5.69 Å². The molecule has 88 valence electrons. The summed E-state index contributed by atoms with van der Waals surface area (Å²) in [5.41, 5.74) is 0.601. The van der Waals surface area contributed by atoms with E-state index in [1.165, 1.54) is 10.9 Å². The maximum absolute atomic E-state index is 11.4. The van der Waals surface area contributed by atoms with Gasteiger partial charge in [0.2, 0.25) is 5.91 Å². The lowest BCUT2D eigenvalue weighted by Gasteiger charge is -2.09. The molecule has 1 amide bonds. The minimum absolute atomic E-state index is 0.0390. The molecule has 2 N–H and O–H groups in total. The first-order valence-electron chi connectivity index (χ1n) is 4.97. The van der Waals surface area contributed by atoms with Crippen LogP contribution in [0.5, 0.6) is 0 Å². The summed E-state index contributed by atoms with van der Waals surface area (Å²) in [4.78, 5) is 22.2. The number of nitrogens with one attached hydrogen (secondary N) is 1. The third-order valence-electron chi connectivity index (χ3n) is 2.08. The highest BCUT2D eigenvalue weighted by molar-refractivity contribution is 5.88. The van der Waals surface area contributed by atoms with Crippen molar-refractivity contribution in [3.63, 3.8) is 0 Å². The maximum Gasteiger partial charge on any atom is 0.339 e. The second-order valence-corrected chi connectivity index (χ2v) is 3.83.